The molecule has 0 aliphatic heterocycles. The molecule has 1 aromatic heterocycles. The minimum absolute atomic E-state index is 0.167. The van der Waals surface area contributed by atoms with Crippen LogP contribution in [-0.2, 0) is 6.54 Å². The lowest BCUT2D eigenvalue weighted by atomic mass is 10.1. The molecule has 1 heterocycles. The van der Waals surface area contributed by atoms with Crippen LogP contribution in [0.4, 0.5) is 0 Å². The van der Waals surface area contributed by atoms with E-state index in [4.69, 9.17) is 4.74 Å². The maximum absolute atomic E-state index is 9.58. The fraction of sp³-hybridized carbons (Fsp3) is 0.286. The van der Waals surface area contributed by atoms with Crippen molar-refractivity contribution >= 4 is 27.3 Å². The number of halogens is 1. The zero-order valence-corrected chi connectivity index (χ0v) is 13.2. The summed E-state index contributed by atoms with van der Waals surface area (Å²) in [6.45, 7) is 2.91. The molecule has 0 saturated carbocycles. The minimum Gasteiger partial charge on any atom is -0.504 e. The van der Waals surface area contributed by atoms with Gasteiger partial charge < -0.3 is 15.2 Å². The summed E-state index contributed by atoms with van der Waals surface area (Å²) < 4.78 is 6.24. The van der Waals surface area contributed by atoms with Crippen molar-refractivity contribution in [2.75, 3.05) is 7.11 Å². The van der Waals surface area contributed by atoms with E-state index in [1.165, 1.54) is 4.88 Å². The van der Waals surface area contributed by atoms with Crippen LogP contribution in [0.3, 0.4) is 0 Å². The third-order valence-electron chi connectivity index (χ3n) is 2.91. The molecular weight excluding hydrogens is 326 g/mol. The van der Waals surface area contributed by atoms with Crippen molar-refractivity contribution in [1.82, 2.24) is 5.32 Å². The van der Waals surface area contributed by atoms with Crippen LogP contribution in [0.15, 0.2) is 34.1 Å². The van der Waals surface area contributed by atoms with E-state index in [0.717, 1.165) is 16.6 Å². The number of phenols is 1. The Morgan fingerprint density at radius 1 is 1.42 bits per heavy atom. The highest BCUT2D eigenvalue weighted by molar-refractivity contribution is 9.10. The molecule has 1 aromatic carbocycles. The third kappa shape index (κ3) is 3.72. The zero-order chi connectivity index (χ0) is 13.8. The number of thiophene rings is 1. The summed E-state index contributed by atoms with van der Waals surface area (Å²) in [6.07, 6.45) is 0. The van der Waals surface area contributed by atoms with E-state index < -0.39 is 0 Å². The first-order chi connectivity index (χ1) is 9.10. The molecule has 0 radical (unpaired) electrons. The van der Waals surface area contributed by atoms with Crippen LogP contribution in [0.2, 0.25) is 0 Å². The van der Waals surface area contributed by atoms with Crippen LogP contribution < -0.4 is 10.1 Å². The van der Waals surface area contributed by atoms with Gasteiger partial charge in [0.2, 0.25) is 0 Å². The van der Waals surface area contributed by atoms with Gasteiger partial charge in [-0.05, 0) is 46.6 Å². The summed E-state index contributed by atoms with van der Waals surface area (Å²) in [5, 5.41) is 15.1. The van der Waals surface area contributed by atoms with Gasteiger partial charge in [0.05, 0.1) is 7.11 Å². The molecule has 0 saturated heterocycles. The second-order valence-corrected chi connectivity index (χ2v) is 6.18. The fourth-order valence-corrected chi connectivity index (χ4v) is 3.18. The van der Waals surface area contributed by atoms with Crippen molar-refractivity contribution in [3.63, 3.8) is 0 Å². The van der Waals surface area contributed by atoms with Crippen LogP contribution in [0, 0.1) is 0 Å². The normalized spacial score (nSPS) is 12.4. The molecule has 0 aliphatic rings. The lowest BCUT2D eigenvalue weighted by Gasteiger charge is -2.15. The number of methoxy groups -OCH3 is 1. The predicted octanol–water partition coefficient (Wildman–Crippen LogP) is 4.08. The molecule has 3 nitrogen and oxygen atoms in total. The summed E-state index contributed by atoms with van der Waals surface area (Å²) in [7, 11) is 1.56. The van der Waals surface area contributed by atoms with E-state index in [0.29, 0.717) is 5.75 Å². The molecule has 0 aliphatic carbocycles. The van der Waals surface area contributed by atoms with Gasteiger partial charge in [-0.15, -0.1) is 11.3 Å². The average molecular weight is 342 g/mol. The molecule has 0 bridgehead atoms. The largest absolute Gasteiger partial charge is 0.504 e. The van der Waals surface area contributed by atoms with Crippen molar-refractivity contribution < 1.29 is 9.84 Å². The highest BCUT2D eigenvalue weighted by atomic mass is 79.9. The van der Waals surface area contributed by atoms with E-state index >= 15 is 0 Å². The Labute approximate surface area is 125 Å². The van der Waals surface area contributed by atoms with Gasteiger partial charge in [-0.3, -0.25) is 0 Å². The molecule has 2 rings (SSSR count). The lowest BCUT2D eigenvalue weighted by Crippen LogP contribution is -2.17. The quantitative estimate of drug-likeness (QED) is 0.860. The summed E-state index contributed by atoms with van der Waals surface area (Å²) >= 11 is 5.17. The molecule has 2 aromatic rings. The Hall–Kier alpha value is -1.04. The molecule has 102 valence electrons. The average Bonchev–Trinajstić information content (AvgIpc) is 2.82. The van der Waals surface area contributed by atoms with Crippen LogP contribution >= 0.6 is 27.3 Å². The van der Waals surface area contributed by atoms with E-state index in [-0.39, 0.29) is 11.8 Å². The summed E-state index contributed by atoms with van der Waals surface area (Å²) in [4.78, 5) is 1.28. The molecule has 0 spiro atoms. The van der Waals surface area contributed by atoms with Gasteiger partial charge in [-0.25, -0.2) is 0 Å². The first-order valence-electron chi connectivity index (χ1n) is 5.93. The number of hydrogen-bond donors (Lipinski definition) is 2. The van der Waals surface area contributed by atoms with Crippen molar-refractivity contribution in [3.8, 4) is 11.5 Å². The minimum atomic E-state index is 0.167. The second kappa shape index (κ2) is 6.41. The van der Waals surface area contributed by atoms with Crippen molar-refractivity contribution in [3.05, 3.63) is 44.6 Å². The van der Waals surface area contributed by atoms with Gasteiger partial charge in [-0.2, -0.15) is 0 Å². The van der Waals surface area contributed by atoms with Gasteiger partial charge in [-0.1, -0.05) is 6.07 Å². The third-order valence-corrected chi connectivity index (χ3v) is 4.61. The first kappa shape index (κ1) is 14.4. The van der Waals surface area contributed by atoms with Gasteiger partial charge >= 0.3 is 0 Å². The fourth-order valence-electron chi connectivity index (χ4n) is 1.78. The molecule has 5 heteroatoms. The Balaban J connectivity index is 2.01. The highest BCUT2D eigenvalue weighted by Crippen LogP contribution is 2.29. The van der Waals surface area contributed by atoms with Crippen molar-refractivity contribution in [2.24, 2.45) is 0 Å². The number of nitrogens with one attached hydrogen (secondary N) is 1. The van der Waals surface area contributed by atoms with Crippen molar-refractivity contribution in [2.45, 2.75) is 19.5 Å². The van der Waals surface area contributed by atoms with Crippen molar-refractivity contribution in [1.29, 1.82) is 0 Å². The predicted molar refractivity (Wildman–Crippen MR) is 81.9 cm³/mol. The van der Waals surface area contributed by atoms with Gasteiger partial charge in [0.1, 0.15) is 0 Å². The Bertz CT molecular complexity index is 556. The number of hydrogen-bond acceptors (Lipinski definition) is 4. The van der Waals surface area contributed by atoms with E-state index in [9.17, 15) is 5.11 Å². The summed E-state index contributed by atoms with van der Waals surface area (Å²) in [5.41, 5.74) is 1.09. The Morgan fingerprint density at radius 2 is 2.21 bits per heavy atom. The molecule has 0 amide bonds. The highest BCUT2D eigenvalue weighted by Gasteiger charge is 2.09. The molecule has 2 N–H and O–H groups in total. The molecule has 0 fully saturated rings. The number of aromatic hydroxyl groups is 1. The summed E-state index contributed by atoms with van der Waals surface area (Å²) in [5.74, 6) is 0.672. The van der Waals surface area contributed by atoms with Gasteiger partial charge in [0.15, 0.2) is 11.5 Å². The van der Waals surface area contributed by atoms with Crippen LogP contribution in [-0.4, -0.2) is 12.2 Å². The van der Waals surface area contributed by atoms with Crippen LogP contribution in [0.5, 0.6) is 11.5 Å². The Morgan fingerprint density at radius 3 is 2.84 bits per heavy atom. The van der Waals surface area contributed by atoms with Crippen LogP contribution in [0.1, 0.15) is 23.4 Å². The molecule has 1 atom stereocenters. The molecule has 19 heavy (non-hydrogen) atoms. The van der Waals surface area contributed by atoms with E-state index in [1.807, 2.05) is 12.1 Å². The van der Waals surface area contributed by atoms with Crippen LogP contribution in [0.25, 0.3) is 0 Å². The second-order valence-electron chi connectivity index (χ2n) is 4.27. The maximum Gasteiger partial charge on any atom is 0.160 e. The summed E-state index contributed by atoms with van der Waals surface area (Å²) in [6, 6.07) is 7.72. The number of benzene rings is 1. The van der Waals surface area contributed by atoms with E-state index in [1.54, 1.807) is 24.5 Å². The Kier molecular flexibility index (Phi) is 4.85. The monoisotopic (exact) mass is 341 g/mol. The molecule has 1 unspecified atom stereocenters. The lowest BCUT2D eigenvalue weighted by molar-refractivity contribution is 0.372. The first-order valence-corrected chi connectivity index (χ1v) is 7.60. The van der Waals surface area contributed by atoms with Gasteiger partial charge in [0, 0.05) is 27.3 Å². The van der Waals surface area contributed by atoms with E-state index in [2.05, 4.69) is 39.6 Å². The maximum atomic E-state index is 9.58. The SMILES string of the molecule is COc1cc(C(C)NCc2cc(Br)cs2)ccc1O. The number of rotatable bonds is 5. The number of phenolic OH excluding ortho intramolecular Hbond substituents is 1. The van der Waals surface area contributed by atoms with Gasteiger partial charge in [0.25, 0.3) is 0 Å². The topological polar surface area (TPSA) is 41.5 Å². The standard InChI is InChI=1S/C14H16BrNO2S/c1-9(16-7-12-6-11(15)8-19-12)10-3-4-13(17)14(5-10)18-2/h3-6,8-9,16-17H,7H2,1-2H3. The molecular formula is C14H16BrNO2S. The number of ether oxygens (including phenoxy) is 1. The zero-order valence-electron chi connectivity index (χ0n) is 10.8. The smallest absolute Gasteiger partial charge is 0.160 e.